The quantitative estimate of drug-likeness (QED) is 0.601. The molecule has 1 heterocycles. The van der Waals surface area contributed by atoms with Gasteiger partial charge in [0.2, 0.25) is 0 Å². The van der Waals surface area contributed by atoms with Crippen LogP contribution in [0.2, 0.25) is 0 Å². The van der Waals surface area contributed by atoms with Gasteiger partial charge in [-0.3, -0.25) is 9.78 Å². The van der Waals surface area contributed by atoms with Crippen LogP contribution in [-0.4, -0.2) is 10.8 Å². The summed E-state index contributed by atoms with van der Waals surface area (Å²) >= 11 is 2.78. The Morgan fingerprint density at radius 2 is 1.80 bits per heavy atom. The number of ketones is 1. The van der Waals surface area contributed by atoms with E-state index in [1.165, 1.54) is 6.07 Å². The Morgan fingerprint density at radius 1 is 1.10 bits per heavy atom. The lowest BCUT2D eigenvalue weighted by Crippen LogP contribution is -2.09. The molecule has 0 aliphatic heterocycles. The third-order valence-corrected chi connectivity index (χ3v) is 3.19. The molecule has 0 atom stereocenters. The summed E-state index contributed by atoms with van der Waals surface area (Å²) in [6.45, 7) is 0. The molecule has 7 heteroatoms. The molecule has 0 aliphatic rings. The van der Waals surface area contributed by atoms with Crippen molar-refractivity contribution in [1.29, 1.82) is 0 Å². The van der Waals surface area contributed by atoms with E-state index in [0.29, 0.717) is 0 Å². The Balaban J connectivity index is 2.46. The van der Waals surface area contributed by atoms with Crippen LogP contribution in [0.5, 0.6) is 0 Å². The molecular formula is C13H6BrF4NO. The Hall–Kier alpha value is -1.76. The molecule has 0 bridgehead atoms. The van der Waals surface area contributed by atoms with Crippen molar-refractivity contribution < 1.29 is 22.4 Å². The average Bonchev–Trinajstić information content (AvgIpc) is 2.37. The van der Waals surface area contributed by atoms with Gasteiger partial charge >= 0.3 is 6.18 Å². The highest BCUT2D eigenvalue weighted by molar-refractivity contribution is 9.10. The number of carbonyl (C=O) groups is 1. The Kier molecular flexibility index (Phi) is 3.89. The molecule has 0 fully saturated rings. The number of carbonyl (C=O) groups excluding carboxylic acids is 1. The largest absolute Gasteiger partial charge is 0.417 e. The molecule has 2 rings (SSSR count). The lowest BCUT2D eigenvalue weighted by Gasteiger charge is -2.10. The summed E-state index contributed by atoms with van der Waals surface area (Å²) in [5.41, 5.74) is -1.26. The summed E-state index contributed by atoms with van der Waals surface area (Å²) in [6.07, 6.45) is -2.59. The molecule has 104 valence electrons. The SMILES string of the molecule is O=C(c1cncc(F)c1)c1ccc(Br)c(C(F)(F)F)c1. The van der Waals surface area contributed by atoms with Crippen molar-refractivity contribution in [1.82, 2.24) is 4.98 Å². The van der Waals surface area contributed by atoms with Crippen LogP contribution in [-0.2, 0) is 6.18 Å². The molecule has 0 unspecified atom stereocenters. The molecule has 2 aromatic rings. The van der Waals surface area contributed by atoms with Crippen molar-refractivity contribution >= 4 is 21.7 Å². The van der Waals surface area contributed by atoms with Crippen molar-refractivity contribution in [3.63, 3.8) is 0 Å². The van der Waals surface area contributed by atoms with Gasteiger partial charge in [0.1, 0.15) is 5.82 Å². The highest BCUT2D eigenvalue weighted by atomic mass is 79.9. The number of hydrogen-bond acceptors (Lipinski definition) is 2. The van der Waals surface area contributed by atoms with Crippen LogP contribution in [0.15, 0.2) is 41.1 Å². The monoisotopic (exact) mass is 347 g/mol. The lowest BCUT2D eigenvalue weighted by molar-refractivity contribution is -0.138. The fourth-order valence-corrected chi connectivity index (χ4v) is 2.06. The second kappa shape index (κ2) is 5.32. The van der Waals surface area contributed by atoms with E-state index in [-0.39, 0.29) is 15.6 Å². The maximum Gasteiger partial charge on any atom is 0.417 e. The summed E-state index contributed by atoms with van der Waals surface area (Å²) < 4.78 is 51.0. The molecule has 0 radical (unpaired) electrons. The summed E-state index contributed by atoms with van der Waals surface area (Å²) in [5, 5.41) is 0. The minimum Gasteiger partial charge on any atom is -0.289 e. The molecule has 0 saturated carbocycles. The predicted molar refractivity (Wildman–Crippen MR) is 66.8 cm³/mol. The van der Waals surface area contributed by atoms with Crippen molar-refractivity contribution in [2.45, 2.75) is 6.18 Å². The summed E-state index contributed by atoms with van der Waals surface area (Å²) in [6, 6.07) is 4.00. The maximum atomic E-state index is 13.0. The van der Waals surface area contributed by atoms with Gasteiger partial charge in [-0.25, -0.2) is 4.39 Å². The normalized spacial score (nSPS) is 11.4. The first-order valence-corrected chi connectivity index (χ1v) is 6.10. The summed E-state index contributed by atoms with van der Waals surface area (Å²) in [4.78, 5) is 15.5. The van der Waals surface area contributed by atoms with E-state index >= 15 is 0 Å². The van der Waals surface area contributed by atoms with E-state index in [1.807, 2.05) is 0 Å². The molecule has 1 aromatic heterocycles. The third-order valence-electron chi connectivity index (χ3n) is 2.50. The fraction of sp³-hybridized carbons (Fsp3) is 0.0769. The van der Waals surface area contributed by atoms with E-state index < -0.39 is 23.3 Å². The first kappa shape index (κ1) is 14.6. The van der Waals surface area contributed by atoms with E-state index in [0.717, 1.165) is 30.6 Å². The van der Waals surface area contributed by atoms with Gasteiger partial charge in [0.05, 0.1) is 11.8 Å². The number of alkyl halides is 3. The smallest absolute Gasteiger partial charge is 0.289 e. The second-order valence-electron chi connectivity index (χ2n) is 3.91. The van der Waals surface area contributed by atoms with Crippen molar-refractivity contribution in [3.05, 3.63) is 63.6 Å². The van der Waals surface area contributed by atoms with Crippen LogP contribution >= 0.6 is 15.9 Å². The zero-order valence-corrected chi connectivity index (χ0v) is 11.3. The number of nitrogens with zero attached hydrogens (tertiary/aromatic N) is 1. The van der Waals surface area contributed by atoms with Gasteiger partial charge in [-0.15, -0.1) is 0 Å². The van der Waals surface area contributed by atoms with Crippen LogP contribution in [0.25, 0.3) is 0 Å². The lowest BCUT2D eigenvalue weighted by atomic mass is 10.0. The zero-order chi connectivity index (χ0) is 14.9. The topological polar surface area (TPSA) is 30.0 Å². The van der Waals surface area contributed by atoms with Gasteiger partial charge in [0, 0.05) is 21.8 Å². The average molecular weight is 348 g/mol. The van der Waals surface area contributed by atoms with Gasteiger partial charge in [0.15, 0.2) is 5.78 Å². The number of aromatic nitrogens is 1. The first-order valence-electron chi connectivity index (χ1n) is 5.31. The maximum absolute atomic E-state index is 13.0. The standard InChI is InChI=1S/C13H6BrF4NO/c14-11-2-1-7(4-10(11)13(16,17)18)12(20)8-3-9(15)6-19-5-8/h1-6H. The van der Waals surface area contributed by atoms with E-state index in [9.17, 15) is 22.4 Å². The van der Waals surface area contributed by atoms with Crippen molar-refractivity contribution in [2.24, 2.45) is 0 Å². The number of hydrogen-bond donors (Lipinski definition) is 0. The van der Waals surface area contributed by atoms with Crippen molar-refractivity contribution in [2.75, 3.05) is 0 Å². The minimum absolute atomic E-state index is 0.111. The van der Waals surface area contributed by atoms with Crippen LogP contribution in [0.3, 0.4) is 0 Å². The Morgan fingerprint density at radius 3 is 2.40 bits per heavy atom. The molecule has 1 aromatic carbocycles. The summed E-state index contributed by atoms with van der Waals surface area (Å²) in [7, 11) is 0. The van der Waals surface area contributed by atoms with Crippen LogP contribution < -0.4 is 0 Å². The van der Waals surface area contributed by atoms with Gasteiger partial charge in [-0.1, -0.05) is 15.9 Å². The Bertz CT molecular complexity index is 670. The van der Waals surface area contributed by atoms with E-state index in [2.05, 4.69) is 20.9 Å². The number of pyridine rings is 1. The number of benzene rings is 1. The van der Waals surface area contributed by atoms with Crippen molar-refractivity contribution in [3.8, 4) is 0 Å². The molecule has 0 spiro atoms. The fourth-order valence-electron chi connectivity index (χ4n) is 1.59. The minimum atomic E-state index is -4.59. The zero-order valence-electron chi connectivity index (χ0n) is 9.71. The molecule has 20 heavy (non-hydrogen) atoms. The molecule has 0 aliphatic carbocycles. The van der Waals surface area contributed by atoms with Gasteiger partial charge in [-0.05, 0) is 24.3 Å². The third kappa shape index (κ3) is 3.04. The molecule has 0 saturated heterocycles. The summed E-state index contributed by atoms with van der Waals surface area (Å²) in [5.74, 6) is -1.46. The first-order chi connectivity index (χ1) is 9.29. The molecule has 0 amide bonds. The highest BCUT2D eigenvalue weighted by Gasteiger charge is 2.33. The predicted octanol–water partition coefficient (Wildman–Crippen LogP) is 4.23. The van der Waals surface area contributed by atoms with Crippen LogP contribution in [0, 0.1) is 5.82 Å². The second-order valence-corrected chi connectivity index (χ2v) is 4.77. The number of rotatable bonds is 2. The van der Waals surface area contributed by atoms with Gasteiger partial charge in [-0.2, -0.15) is 13.2 Å². The van der Waals surface area contributed by atoms with Crippen LogP contribution in [0.1, 0.15) is 21.5 Å². The highest BCUT2D eigenvalue weighted by Crippen LogP contribution is 2.35. The van der Waals surface area contributed by atoms with Crippen LogP contribution in [0.4, 0.5) is 17.6 Å². The number of halogens is 5. The van der Waals surface area contributed by atoms with Gasteiger partial charge in [0.25, 0.3) is 0 Å². The van der Waals surface area contributed by atoms with E-state index in [1.54, 1.807) is 0 Å². The molecule has 0 N–H and O–H groups in total. The molecular weight excluding hydrogens is 342 g/mol. The van der Waals surface area contributed by atoms with E-state index in [4.69, 9.17) is 0 Å². The molecule has 2 nitrogen and oxygen atoms in total. The van der Waals surface area contributed by atoms with Gasteiger partial charge < -0.3 is 0 Å². The Labute approximate surface area is 119 Å².